The lowest BCUT2D eigenvalue weighted by atomic mass is 10.2. The fourth-order valence-corrected chi connectivity index (χ4v) is 1.77. The van der Waals surface area contributed by atoms with Gasteiger partial charge in [0.2, 0.25) is 0 Å². The predicted molar refractivity (Wildman–Crippen MR) is 68.8 cm³/mol. The van der Waals surface area contributed by atoms with Gasteiger partial charge in [0.1, 0.15) is 11.5 Å². The highest BCUT2D eigenvalue weighted by Crippen LogP contribution is 2.18. The summed E-state index contributed by atoms with van der Waals surface area (Å²) in [5, 5.41) is 10.0. The summed E-state index contributed by atoms with van der Waals surface area (Å²) in [7, 11) is 0. The molecule has 2 nitrogen and oxygen atoms in total. The molecule has 1 N–H and O–H groups in total. The third-order valence-electron chi connectivity index (χ3n) is 2.37. The Balaban J connectivity index is 1.87. The lowest BCUT2D eigenvalue weighted by molar-refractivity contribution is 0.320. The molecule has 0 saturated carbocycles. The van der Waals surface area contributed by atoms with Crippen LogP contribution in [0.2, 0.25) is 5.02 Å². The van der Waals surface area contributed by atoms with Crippen LogP contribution >= 0.6 is 11.6 Å². The van der Waals surface area contributed by atoms with E-state index >= 15 is 0 Å². The smallest absolute Gasteiger partial charge is 0.122 e. The molecule has 0 aliphatic heterocycles. The van der Waals surface area contributed by atoms with Gasteiger partial charge in [-0.1, -0.05) is 29.8 Å². The number of ether oxygens (including phenoxy) is 1. The standard InChI is InChI=1S/C14H13ClO2/c15-12-4-1-3-11(9-12)7-8-17-14-6-2-5-13(16)10-14/h1-6,9-10,16H,7-8H2. The van der Waals surface area contributed by atoms with Crippen molar-refractivity contribution in [3.05, 3.63) is 59.1 Å². The number of phenols is 1. The summed E-state index contributed by atoms with van der Waals surface area (Å²) in [6.45, 7) is 0.559. The average Bonchev–Trinajstić information content (AvgIpc) is 2.29. The second kappa shape index (κ2) is 5.60. The second-order valence-corrected chi connectivity index (χ2v) is 4.16. The molecule has 0 heterocycles. The van der Waals surface area contributed by atoms with E-state index in [-0.39, 0.29) is 5.75 Å². The minimum Gasteiger partial charge on any atom is -0.508 e. The number of halogens is 1. The number of rotatable bonds is 4. The monoisotopic (exact) mass is 248 g/mol. The minimum absolute atomic E-state index is 0.213. The van der Waals surface area contributed by atoms with E-state index in [9.17, 15) is 5.11 Å². The molecule has 0 aromatic heterocycles. The molecule has 0 aliphatic rings. The van der Waals surface area contributed by atoms with E-state index in [1.165, 1.54) is 0 Å². The maximum atomic E-state index is 9.27. The third-order valence-corrected chi connectivity index (χ3v) is 2.60. The minimum atomic E-state index is 0.213. The molecule has 2 aromatic carbocycles. The Morgan fingerprint density at radius 3 is 2.65 bits per heavy atom. The van der Waals surface area contributed by atoms with Crippen LogP contribution in [-0.2, 0) is 6.42 Å². The molecule has 0 amide bonds. The van der Waals surface area contributed by atoms with Crippen molar-refractivity contribution in [3.63, 3.8) is 0 Å². The van der Waals surface area contributed by atoms with Crippen LogP contribution in [0.1, 0.15) is 5.56 Å². The normalized spacial score (nSPS) is 10.2. The summed E-state index contributed by atoms with van der Waals surface area (Å²) in [5.74, 6) is 0.886. The van der Waals surface area contributed by atoms with Crippen molar-refractivity contribution in [2.45, 2.75) is 6.42 Å². The van der Waals surface area contributed by atoms with E-state index < -0.39 is 0 Å². The predicted octanol–water partition coefficient (Wildman–Crippen LogP) is 3.67. The fraction of sp³-hybridized carbons (Fsp3) is 0.143. The van der Waals surface area contributed by atoms with Crippen LogP contribution in [0.3, 0.4) is 0 Å². The van der Waals surface area contributed by atoms with Crippen molar-refractivity contribution in [3.8, 4) is 11.5 Å². The zero-order valence-corrected chi connectivity index (χ0v) is 10.0. The van der Waals surface area contributed by atoms with Gasteiger partial charge in [0.05, 0.1) is 6.61 Å². The number of hydrogen-bond acceptors (Lipinski definition) is 2. The van der Waals surface area contributed by atoms with E-state index in [4.69, 9.17) is 16.3 Å². The molecule has 0 fully saturated rings. The van der Waals surface area contributed by atoms with Crippen molar-refractivity contribution in [2.24, 2.45) is 0 Å². The number of benzene rings is 2. The second-order valence-electron chi connectivity index (χ2n) is 3.73. The first-order chi connectivity index (χ1) is 8.24. The quantitative estimate of drug-likeness (QED) is 0.895. The Hall–Kier alpha value is -1.67. The van der Waals surface area contributed by atoms with Crippen molar-refractivity contribution >= 4 is 11.6 Å². The summed E-state index contributed by atoms with van der Waals surface area (Å²) in [6, 6.07) is 14.5. The summed E-state index contributed by atoms with van der Waals surface area (Å²) >= 11 is 5.89. The first-order valence-electron chi connectivity index (χ1n) is 5.40. The molecule has 0 saturated heterocycles. The molecule has 0 aliphatic carbocycles. The van der Waals surface area contributed by atoms with Crippen LogP contribution < -0.4 is 4.74 Å². The van der Waals surface area contributed by atoms with E-state index in [1.807, 2.05) is 30.3 Å². The summed E-state index contributed by atoms with van der Waals surface area (Å²) < 4.78 is 5.53. The number of phenolic OH excluding ortho intramolecular Hbond substituents is 1. The molecule has 0 radical (unpaired) electrons. The Labute approximate surface area is 105 Å². The maximum Gasteiger partial charge on any atom is 0.122 e. The van der Waals surface area contributed by atoms with Crippen LogP contribution in [0.4, 0.5) is 0 Å². The van der Waals surface area contributed by atoms with Crippen LogP contribution in [0.5, 0.6) is 11.5 Å². The van der Waals surface area contributed by atoms with Gasteiger partial charge in [0.25, 0.3) is 0 Å². The van der Waals surface area contributed by atoms with Gasteiger partial charge in [-0.3, -0.25) is 0 Å². The van der Waals surface area contributed by atoms with Crippen LogP contribution in [0, 0.1) is 0 Å². The van der Waals surface area contributed by atoms with Crippen LogP contribution in [0.15, 0.2) is 48.5 Å². The molecule has 3 heteroatoms. The molecule has 88 valence electrons. The van der Waals surface area contributed by atoms with E-state index in [0.717, 1.165) is 17.0 Å². The van der Waals surface area contributed by atoms with Gasteiger partial charge in [-0.2, -0.15) is 0 Å². The van der Waals surface area contributed by atoms with Gasteiger partial charge in [-0.25, -0.2) is 0 Å². The van der Waals surface area contributed by atoms with E-state index in [0.29, 0.717) is 12.4 Å². The van der Waals surface area contributed by atoms with Crippen LogP contribution in [0.25, 0.3) is 0 Å². The Morgan fingerprint density at radius 1 is 1.06 bits per heavy atom. The molecule has 17 heavy (non-hydrogen) atoms. The van der Waals surface area contributed by atoms with Crippen LogP contribution in [-0.4, -0.2) is 11.7 Å². The van der Waals surface area contributed by atoms with Gasteiger partial charge >= 0.3 is 0 Å². The van der Waals surface area contributed by atoms with Crippen molar-refractivity contribution in [2.75, 3.05) is 6.61 Å². The lowest BCUT2D eigenvalue weighted by Gasteiger charge is -2.06. The fourth-order valence-electron chi connectivity index (χ4n) is 1.55. The molecule has 0 bridgehead atoms. The largest absolute Gasteiger partial charge is 0.508 e. The third kappa shape index (κ3) is 3.68. The van der Waals surface area contributed by atoms with Gasteiger partial charge in [-0.15, -0.1) is 0 Å². The van der Waals surface area contributed by atoms with Crippen molar-refractivity contribution in [1.82, 2.24) is 0 Å². The van der Waals surface area contributed by atoms with Gasteiger partial charge in [-0.05, 0) is 29.8 Å². The SMILES string of the molecule is Oc1cccc(OCCc2cccc(Cl)c2)c1. The summed E-state index contributed by atoms with van der Waals surface area (Å²) in [4.78, 5) is 0. The van der Waals surface area contributed by atoms with Gasteiger partial charge in [0, 0.05) is 17.5 Å². The van der Waals surface area contributed by atoms with E-state index in [1.54, 1.807) is 18.2 Å². The Morgan fingerprint density at radius 2 is 1.88 bits per heavy atom. The highest BCUT2D eigenvalue weighted by molar-refractivity contribution is 6.30. The first-order valence-corrected chi connectivity index (χ1v) is 5.78. The topological polar surface area (TPSA) is 29.5 Å². The lowest BCUT2D eigenvalue weighted by Crippen LogP contribution is -2.01. The molecule has 0 spiro atoms. The zero-order valence-electron chi connectivity index (χ0n) is 9.27. The zero-order chi connectivity index (χ0) is 12.1. The molecular formula is C14H13ClO2. The molecule has 2 aromatic rings. The van der Waals surface area contributed by atoms with Gasteiger partial charge in [0.15, 0.2) is 0 Å². The maximum absolute atomic E-state index is 9.27. The first kappa shape index (κ1) is 11.8. The Kier molecular flexibility index (Phi) is 3.89. The summed E-state index contributed by atoms with van der Waals surface area (Å²) in [6.07, 6.45) is 0.788. The highest BCUT2D eigenvalue weighted by Gasteiger charge is 1.97. The average molecular weight is 249 g/mol. The van der Waals surface area contributed by atoms with E-state index in [2.05, 4.69) is 0 Å². The van der Waals surface area contributed by atoms with Crippen molar-refractivity contribution in [1.29, 1.82) is 0 Å². The number of aromatic hydroxyl groups is 1. The Bertz CT molecular complexity index is 452. The van der Waals surface area contributed by atoms with Gasteiger partial charge < -0.3 is 9.84 Å². The molecule has 2 rings (SSSR count). The highest BCUT2D eigenvalue weighted by atomic mass is 35.5. The molecular weight excluding hydrogens is 236 g/mol. The number of hydrogen-bond donors (Lipinski definition) is 1. The molecule has 0 atom stereocenters. The molecule has 0 unspecified atom stereocenters. The summed E-state index contributed by atoms with van der Waals surface area (Å²) in [5.41, 5.74) is 1.14. The van der Waals surface area contributed by atoms with Crippen molar-refractivity contribution < 1.29 is 9.84 Å².